The molecule has 1 aromatic rings. The zero-order chi connectivity index (χ0) is 12.1. The number of hydrogen-bond acceptors (Lipinski definition) is 2. The average Bonchev–Trinajstić information content (AvgIpc) is 2.24. The number of halogens is 2. The number of methoxy groups -OCH3 is 1. The molecule has 2 nitrogen and oxygen atoms in total. The van der Waals surface area contributed by atoms with E-state index in [0.29, 0.717) is 6.42 Å². The van der Waals surface area contributed by atoms with Crippen molar-refractivity contribution < 1.29 is 9.13 Å². The lowest BCUT2D eigenvalue weighted by atomic mass is 10.0. The van der Waals surface area contributed by atoms with Crippen molar-refractivity contribution in [3.8, 4) is 0 Å². The molecule has 0 saturated carbocycles. The first kappa shape index (κ1) is 13.6. The van der Waals surface area contributed by atoms with E-state index in [-0.39, 0.29) is 18.0 Å². The van der Waals surface area contributed by atoms with Crippen molar-refractivity contribution in [2.45, 2.75) is 31.9 Å². The molecule has 0 aliphatic rings. The topological polar surface area (TPSA) is 35.2 Å². The molecule has 2 atom stereocenters. The molecule has 0 fully saturated rings. The van der Waals surface area contributed by atoms with Gasteiger partial charge in [0.15, 0.2) is 0 Å². The first-order valence-electron chi connectivity index (χ1n) is 5.30. The molecule has 16 heavy (non-hydrogen) atoms. The predicted molar refractivity (Wildman–Crippen MR) is 66.9 cm³/mol. The predicted octanol–water partition coefficient (Wildman–Crippen LogP) is 2.88. The van der Waals surface area contributed by atoms with Gasteiger partial charge in [-0.2, -0.15) is 0 Å². The molecule has 1 aromatic carbocycles. The summed E-state index contributed by atoms with van der Waals surface area (Å²) >= 11 is 3.33. The smallest absolute Gasteiger partial charge is 0.124 e. The van der Waals surface area contributed by atoms with Crippen LogP contribution in [0.2, 0.25) is 0 Å². The minimum absolute atomic E-state index is 0.0388. The molecule has 0 aliphatic heterocycles. The van der Waals surface area contributed by atoms with Crippen molar-refractivity contribution >= 4 is 15.9 Å². The van der Waals surface area contributed by atoms with Gasteiger partial charge in [-0.1, -0.05) is 28.9 Å². The van der Waals surface area contributed by atoms with Gasteiger partial charge in [0.1, 0.15) is 5.82 Å². The molecule has 0 heterocycles. The molecule has 0 radical (unpaired) electrons. The molecule has 2 N–H and O–H groups in total. The van der Waals surface area contributed by atoms with E-state index < -0.39 is 0 Å². The van der Waals surface area contributed by atoms with Crippen LogP contribution in [0.1, 0.15) is 18.9 Å². The van der Waals surface area contributed by atoms with E-state index in [9.17, 15) is 4.39 Å². The fraction of sp³-hybridized carbons (Fsp3) is 0.500. The van der Waals surface area contributed by atoms with E-state index in [1.54, 1.807) is 13.2 Å². The van der Waals surface area contributed by atoms with E-state index in [0.717, 1.165) is 16.5 Å². The molecular formula is C12H17BrFNO. The van der Waals surface area contributed by atoms with Gasteiger partial charge in [0.25, 0.3) is 0 Å². The van der Waals surface area contributed by atoms with E-state index in [4.69, 9.17) is 10.5 Å². The summed E-state index contributed by atoms with van der Waals surface area (Å²) in [5, 5.41) is 0. The highest BCUT2D eigenvalue weighted by atomic mass is 79.9. The Kier molecular flexibility index (Phi) is 5.38. The first-order chi connectivity index (χ1) is 7.58. The number of ether oxygens (including phenoxy) is 1. The SMILES string of the molecule is CCC(OC)C(N)Cc1ccc(F)cc1Br. The molecule has 0 aliphatic carbocycles. The third-order valence-electron chi connectivity index (χ3n) is 2.65. The molecule has 1 rings (SSSR count). The maximum atomic E-state index is 12.9. The molecule has 0 bridgehead atoms. The number of rotatable bonds is 5. The summed E-state index contributed by atoms with van der Waals surface area (Å²) in [5.74, 6) is -0.247. The number of nitrogens with two attached hydrogens (primary N) is 1. The minimum Gasteiger partial charge on any atom is -0.380 e. The van der Waals surface area contributed by atoms with Crippen molar-refractivity contribution in [2.24, 2.45) is 5.73 Å². The zero-order valence-corrected chi connectivity index (χ0v) is 11.1. The van der Waals surface area contributed by atoms with Gasteiger partial charge >= 0.3 is 0 Å². The van der Waals surface area contributed by atoms with Crippen LogP contribution in [0.15, 0.2) is 22.7 Å². The van der Waals surface area contributed by atoms with Crippen molar-refractivity contribution in [1.82, 2.24) is 0 Å². The van der Waals surface area contributed by atoms with Crippen molar-refractivity contribution in [3.05, 3.63) is 34.1 Å². The molecule has 90 valence electrons. The first-order valence-corrected chi connectivity index (χ1v) is 6.10. The number of benzene rings is 1. The van der Waals surface area contributed by atoms with Gasteiger partial charge in [-0.3, -0.25) is 0 Å². The standard InChI is InChI=1S/C12H17BrFNO/c1-3-12(16-2)11(15)6-8-4-5-9(14)7-10(8)13/h4-5,7,11-12H,3,6,15H2,1-2H3. The third-order valence-corrected chi connectivity index (χ3v) is 3.39. The second-order valence-corrected chi connectivity index (χ2v) is 4.64. The quantitative estimate of drug-likeness (QED) is 0.905. The highest BCUT2D eigenvalue weighted by molar-refractivity contribution is 9.10. The van der Waals surface area contributed by atoms with E-state index in [1.165, 1.54) is 12.1 Å². The van der Waals surface area contributed by atoms with E-state index in [1.807, 2.05) is 6.92 Å². The second kappa shape index (κ2) is 6.33. The second-order valence-electron chi connectivity index (χ2n) is 3.79. The van der Waals surface area contributed by atoms with Crippen LogP contribution in [0.3, 0.4) is 0 Å². The van der Waals surface area contributed by atoms with Crippen LogP contribution in [0.4, 0.5) is 4.39 Å². The third kappa shape index (κ3) is 3.54. The van der Waals surface area contributed by atoms with Crippen LogP contribution in [0, 0.1) is 5.82 Å². The Balaban J connectivity index is 2.72. The Labute approximate surface area is 104 Å². The summed E-state index contributed by atoms with van der Waals surface area (Å²) in [6.45, 7) is 2.04. The Morgan fingerprint density at radius 1 is 1.50 bits per heavy atom. The maximum absolute atomic E-state index is 12.9. The fourth-order valence-corrected chi connectivity index (χ4v) is 2.23. The summed E-state index contributed by atoms with van der Waals surface area (Å²) in [5.41, 5.74) is 7.04. The molecule has 2 unspecified atom stereocenters. The lowest BCUT2D eigenvalue weighted by Crippen LogP contribution is -2.37. The summed E-state index contributed by atoms with van der Waals surface area (Å²) < 4.78 is 18.9. The monoisotopic (exact) mass is 289 g/mol. The fourth-order valence-electron chi connectivity index (χ4n) is 1.72. The molecule has 4 heteroatoms. The van der Waals surface area contributed by atoms with Crippen LogP contribution in [-0.2, 0) is 11.2 Å². The minimum atomic E-state index is -0.247. The van der Waals surface area contributed by atoms with Crippen molar-refractivity contribution in [1.29, 1.82) is 0 Å². The van der Waals surface area contributed by atoms with Crippen LogP contribution >= 0.6 is 15.9 Å². The largest absolute Gasteiger partial charge is 0.380 e. The highest BCUT2D eigenvalue weighted by Gasteiger charge is 2.16. The Morgan fingerprint density at radius 3 is 2.69 bits per heavy atom. The van der Waals surface area contributed by atoms with Crippen LogP contribution < -0.4 is 5.73 Å². The molecule has 0 spiro atoms. The van der Waals surface area contributed by atoms with Gasteiger partial charge in [0, 0.05) is 17.6 Å². The average molecular weight is 290 g/mol. The van der Waals surface area contributed by atoms with Gasteiger partial charge in [-0.05, 0) is 30.5 Å². The van der Waals surface area contributed by atoms with Gasteiger partial charge in [0.05, 0.1) is 6.10 Å². The normalized spacial score (nSPS) is 14.8. The van der Waals surface area contributed by atoms with Crippen molar-refractivity contribution in [2.75, 3.05) is 7.11 Å². The van der Waals surface area contributed by atoms with Crippen LogP contribution in [0.25, 0.3) is 0 Å². The molecule has 0 saturated heterocycles. The Bertz CT molecular complexity index is 342. The summed E-state index contributed by atoms with van der Waals surface area (Å²) in [4.78, 5) is 0. The summed E-state index contributed by atoms with van der Waals surface area (Å²) in [6, 6.07) is 4.58. The molecule has 0 amide bonds. The van der Waals surface area contributed by atoms with E-state index >= 15 is 0 Å². The Morgan fingerprint density at radius 2 is 2.19 bits per heavy atom. The Hall–Kier alpha value is -0.450. The maximum Gasteiger partial charge on any atom is 0.124 e. The van der Waals surface area contributed by atoms with E-state index in [2.05, 4.69) is 15.9 Å². The molecule has 0 aromatic heterocycles. The lowest BCUT2D eigenvalue weighted by molar-refractivity contribution is 0.0772. The molecular weight excluding hydrogens is 273 g/mol. The zero-order valence-electron chi connectivity index (χ0n) is 9.54. The number of hydrogen-bond donors (Lipinski definition) is 1. The summed E-state index contributed by atoms with van der Waals surface area (Å²) in [7, 11) is 1.66. The van der Waals surface area contributed by atoms with Crippen LogP contribution in [-0.4, -0.2) is 19.3 Å². The summed E-state index contributed by atoms with van der Waals surface area (Å²) in [6.07, 6.45) is 1.58. The highest BCUT2D eigenvalue weighted by Crippen LogP contribution is 2.20. The van der Waals surface area contributed by atoms with Gasteiger partial charge in [0.2, 0.25) is 0 Å². The van der Waals surface area contributed by atoms with Gasteiger partial charge < -0.3 is 10.5 Å². The van der Waals surface area contributed by atoms with Crippen LogP contribution in [0.5, 0.6) is 0 Å². The van der Waals surface area contributed by atoms with Crippen molar-refractivity contribution in [3.63, 3.8) is 0 Å². The van der Waals surface area contributed by atoms with Gasteiger partial charge in [-0.25, -0.2) is 4.39 Å². The van der Waals surface area contributed by atoms with Gasteiger partial charge in [-0.15, -0.1) is 0 Å². The lowest BCUT2D eigenvalue weighted by Gasteiger charge is -2.21.